The van der Waals surface area contributed by atoms with Crippen molar-refractivity contribution >= 4 is 15.9 Å². The second kappa shape index (κ2) is 5.63. The van der Waals surface area contributed by atoms with E-state index in [0.717, 1.165) is 22.4 Å². The summed E-state index contributed by atoms with van der Waals surface area (Å²) in [5, 5.41) is 14.6. The van der Waals surface area contributed by atoms with E-state index in [1.54, 1.807) is 6.20 Å². The molecule has 0 aliphatic heterocycles. The molecular formula is C13H16BrN3O. The number of nitrogens with zero attached hydrogens (tertiary/aromatic N) is 3. The maximum Gasteiger partial charge on any atom is 0.103 e. The van der Waals surface area contributed by atoms with Gasteiger partial charge in [0, 0.05) is 29.3 Å². The molecule has 1 N–H and O–H groups in total. The molecule has 1 atom stereocenters. The van der Waals surface area contributed by atoms with Crippen LogP contribution in [0.15, 0.2) is 28.9 Å². The van der Waals surface area contributed by atoms with E-state index in [-0.39, 0.29) is 0 Å². The average Bonchev–Trinajstić information content (AvgIpc) is 2.70. The number of aliphatic hydroxyl groups excluding tert-OH is 1. The number of hydrogen-bond acceptors (Lipinski definition) is 3. The quantitative estimate of drug-likeness (QED) is 0.944. The summed E-state index contributed by atoms with van der Waals surface area (Å²) in [7, 11) is 0. The van der Waals surface area contributed by atoms with Crippen LogP contribution in [-0.2, 0) is 13.0 Å². The lowest BCUT2D eigenvalue weighted by atomic mass is 10.1. The predicted molar refractivity (Wildman–Crippen MR) is 73.2 cm³/mol. The lowest BCUT2D eigenvalue weighted by molar-refractivity contribution is 0.170. The van der Waals surface area contributed by atoms with Crippen LogP contribution in [0.5, 0.6) is 0 Å². The maximum atomic E-state index is 10.3. The fraction of sp³-hybridized carbons (Fsp3) is 0.385. The summed E-state index contributed by atoms with van der Waals surface area (Å²) in [6.07, 6.45) is 1.58. The summed E-state index contributed by atoms with van der Waals surface area (Å²) in [4.78, 5) is 4.21. The minimum Gasteiger partial charge on any atom is -0.386 e. The van der Waals surface area contributed by atoms with E-state index in [2.05, 4.69) is 26.0 Å². The van der Waals surface area contributed by atoms with Crippen LogP contribution in [0.1, 0.15) is 30.1 Å². The molecule has 2 aromatic heterocycles. The molecule has 0 radical (unpaired) electrons. The summed E-state index contributed by atoms with van der Waals surface area (Å²) < 4.78 is 2.74. The van der Waals surface area contributed by atoms with Crippen LogP contribution in [0.25, 0.3) is 0 Å². The van der Waals surface area contributed by atoms with Gasteiger partial charge in [0.05, 0.1) is 11.4 Å². The minimum atomic E-state index is -0.623. The first-order valence-electron chi connectivity index (χ1n) is 5.93. The first-order valence-corrected chi connectivity index (χ1v) is 6.73. The average molecular weight is 310 g/mol. The molecule has 1 unspecified atom stereocenters. The van der Waals surface area contributed by atoms with E-state index in [0.29, 0.717) is 12.1 Å². The topological polar surface area (TPSA) is 50.9 Å². The molecule has 0 bridgehead atoms. The summed E-state index contributed by atoms with van der Waals surface area (Å²) in [5.74, 6) is 0. The van der Waals surface area contributed by atoms with Gasteiger partial charge in [-0.25, -0.2) is 0 Å². The molecule has 0 saturated heterocycles. The zero-order valence-corrected chi connectivity index (χ0v) is 12.1. The van der Waals surface area contributed by atoms with E-state index in [4.69, 9.17) is 0 Å². The van der Waals surface area contributed by atoms with Crippen molar-refractivity contribution in [3.05, 3.63) is 46.0 Å². The predicted octanol–water partition coefficient (Wildman–Crippen LogP) is 2.65. The molecule has 0 saturated carbocycles. The lowest BCUT2D eigenvalue weighted by Gasteiger charge is -2.12. The normalized spacial score (nSPS) is 12.7. The highest BCUT2D eigenvalue weighted by molar-refractivity contribution is 9.10. The van der Waals surface area contributed by atoms with E-state index in [1.807, 2.05) is 36.7 Å². The van der Waals surface area contributed by atoms with Crippen LogP contribution in [0.2, 0.25) is 0 Å². The standard InChI is InChI=1S/C13H16BrN3O/c1-3-17-10(7-9(2)16-17)8-12(18)13-11(14)5-4-6-15-13/h4-7,12,18H,3,8H2,1-2H3. The maximum absolute atomic E-state index is 10.3. The van der Waals surface area contributed by atoms with Crippen LogP contribution >= 0.6 is 15.9 Å². The molecule has 0 spiro atoms. The lowest BCUT2D eigenvalue weighted by Crippen LogP contribution is -2.10. The van der Waals surface area contributed by atoms with Gasteiger partial charge >= 0.3 is 0 Å². The first kappa shape index (κ1) is 13.2. The number of aromatic nitrogens is 3. The number of pyridine rings is 1. The Hall–Kier alpha value is -1.20. The SMILES string of the molecule is CCn1nc(C)cc1CC(O)c1ncccc1Br. The second-order valence-electron chi connectivity index (χ2n) is 4.18. The van der Waals surface area contributed by atoms with Gasteiger partial charge in [-0.1, -0.05) is 0 Å². The van der Waals surface area contributed by atoms with Crippen molar-refractivity contribution < 1.29 is 5.11 Å². The zero-order valence-electron chi connectivity index (χ0n) is 10.5. The van der Waals surface area contributed by atoms with Crippen LogP contribution in [0.4, 0.5) is 0 Å². The third kappa shape index (κ3) is 2.79. The van der Waals surface area contributed by atoms with E-state index in [1.165, 1.54) is 0 Å². The number of hydrogen-bond donors (Lipinski definition) is 1. The summed E-state index contributed by atoms with van der Waals surface area (Å²) in [6, 6.07) is 5.72. The molecule has 18 heavy (non-hydrogen) atoms. The minimum absolute atomic E-state index is 0.518. The van der Waals surface area contributed by atoms with E-state index in [9.17, 15) is 5.11 Å². The second-order valence-corrected chi connectivity index (χ2v) is 5.04. The van der Waals surface area contributed by atoms with Crippen LogP contribution < -0.4 is 0 Å². The molecule has 96 valence electrons. The molecule has 0 aliphatic rings. The fourth-order valence-corrected chi connectivity index (χ4v) is 2.49. The van der Waals surface area contributed by atoms with Crippen LogP contribution in [0, 0.1) is 6.92 Å². The fourth-order valence-electron chi connectivity index (χ4n) is 1.98. The van der Waals surface area contributed by atoms with Gasteiger partial charge in [0.1, 0.15) is 6.10 Å². The Morgan fingerprint density at radius 2 is 2.28 bits per heavy atom. The number of aliphatic hydroxyl groups is 1. The molecule has 2 rings (SSSR count). The van der Waals surface area contributed by atoms with Crippen molar-refractivity contribution in [1.82, 2.24) is 14.8 Å². The highest BCUT2D eigenvalue weighted by atomic mass is 79.9. The van der Waals surface area contributed by atoms with Gasteiger partial charge in [-0.3, -0.25) is 9.67 Å². The molecule has 4 nitrogen and oxygen atoms in total. The molecule has 0 aromatic carbocycles. The molecule has 0 fully saturated rings. The third-order valence-corrected chi connectivity index (χ3v) is 3.46. The van der Waals surface area contributed by atoms with E-state index >= 15 is 0 Å². The van der Waals surface area contributed by atoms with Gasteiger partial charge in [0.15, 0.2) is 0 Å². The Bertz CT molecular complexity index is 539. The Morgan fingerprint density at radius 1 is 1.50 bits per heavy atom. The van der Waals surface area contributed by atoms with Crippen LogP contribution in [-0.4, -0.2) is 19.9 Å². The van der Waals surface area contributed by atoms with Crippen molar-refractivity contribution in [3.8, 4) is 0 Å². The molecule has 0 amide bonds. The van der Waals surface area contributed by atoms with Crippen molar-refractivity contribution in [2.45, 2.75) is 32.9 Å². The van der Waals surface area contributed by atoms with Crippen molar-refractivity contribution in [2.24, 2.45) is 0 Å². The third-order valence-electron chi connectivity index (χ3n) is 2.79. The smallest absolute Gasteiger partial charge is 0.103 e. The van der Waals surface area contributed by atoms with Crippen molar-refractivity contribution in [3.63, 3.8) is 0 Å². The number of rotatable bonds is 4. The Kier molecular flexibility index (Phi) is 4.14. The Balaban J connectivity index is 2.21. The zero-order chi connectivity index (χ0) is 13.1. The van der Waals surface area contributed by atoms with Gasteiger partial charge < -0.3 is 5.11 Å². The van der Waals surface area contributed by atoms with Gasteiger partial charge in [-0.15, -0.1) is 0 Å². The molecular weight excluding hydrogens is 294 g/mol. The summed E-state index contributed by atoms with van der Waals surface area (Å²) in [6.45, 7) is 4.80. The highest BCUT2D eigenvalue weighted by Crippen LogP contribution is 2.23. The first-order chi connectivity index (χ1) is 8.61. The van der Waals surface area contributed by atoms with E-state index < -0.39 is 6.10 Å². The van der Waals surface area contributed by atoms with Crippen molar-refractivity contribution in [2.75, 3.05) is 0 Å². The molecule has 5 heteroatoms. The van der Waals surface area contributed by atoms with Gasteiger partial charge in [-0.05, 0) is 48.0 Å². The van der Waals surface area contributed by atoms with Crippen molar-refractivity contribution in [1.29, 1.82) is 0 Å². The Morgan fingerprint density at radius 3 is 2.94 bits per heavy atom. The number of halogens is 1. The van der Waals surface area contributed by atoms with Gasteiger partial charge in [0.25, 0.3) is 0 Å². The Labute approximate surface area is 115 Å². The molecule has 2 aromatic rings. The summed E-state index contributed by atoms with van der Waals surface area (Å²) in [5.41, 5.74) is 2.66. The largest absolute Gasteiger partial charge is 0.386 e. The molecule has 0 aliphatic carbocycles. The molecule has 2 heterocycles. The highest BCUT2D eigenvalue weighted by Gasteiger charge is 2.16. The van der Waals surface area contributed by atoms with Crippen LogP contribution in [0.3, 0.4) is 0 Å². The summed E-state index contributed by atoms with van der Waals surface area (Å²) >= 11 is 3.41. The van der Waals surface area contributed by atoms with Gasteiger partial charge in [-0.2, -0.15) is 5.10 Å². The number of aryl methyl sites for hydroxylation is 2. The monoisotopic (exact) mass is 309 g/mol. The van der Waals surface area contributed by atoms with Gasteiger partial charge in [0.2, 0.25) is 0 Å².